The Bertz CT molecular complexity index is 896. The second-order valence-corrected chi connectivity index (χ2v) is 8.23. The van der Waals surface area contributed by atoms with Gasteiger partial charge in [-0.3, -0.25) is 9.10 Å². The van der Waals surface area contributed by atoms with E-state index in [-0.39, 0.29) is 12.4 Å². The van der Waals surface area contributed by atoms with Crippen LogP contribution in [-0.2, 0) is 21.4 Å². The van der Waals surface area contributed by atoms with Crippen molar-refractivity contribution < 1.29 is 17.6 Å². The minimum absolute atomic E-state index is 0.188. The SMILES string of the molecule is Cc1ccc(C)c(N([C@@H](C)C(=O)NCc2ccc(F)cc2)S(C)(=O)=O)c1. The molecule has 2 aromatic rings. The van der Waals surface area contributed by atoms with Crippen LogP contribution in [0, 0.1) is 19.7 Å². The molecular formula is C19H23FN2O3S. The monoisotopic (exact) mass is 378 g/mol. The molecule has 0 aliphatic heterocycles. The number of hydrogen-bond acceptors (Lipinski definition) is 3. The zero-order valence-electron chi connectivity index (χ0n) is 15.3. The van der Waals surface area contributed by atoms with Crippen molar-refractivity contribution in [3.8, 4) is 0 Å². The van der Waals surface area contributed by atoms with E-state index in [1.54, 1.807) is 32.0 Å². The Balaban J connectivity index is 2.23. The molecule has 2 aromatic carbocycles. The number of halogens is 1. The molecule has 1 atom stereocenters. The number of anilines is 1. The molecule has 1 amide bonds. The van der Waals surface area contributed by atoms with Crippen molar-refractivity contribution in [3.63, 3.8) is 0 Å². The molecule has 26 heavy (non-hydrogen) atoms. The largest absolute Gasteiger partial charge is 0.350 e. The summed E-state index contributed by atoms with van der Waals surface area (Å²) in [5, 5.41) is 2.71. The normalized spacial score (nSPS) is 12.5. The number of hydrogen-bond donors (Lipinski definition) is 1. The molecule has 5 nitrogen and oxygen atoms in total. The van der Waals surface area contributed by atoms with Crippen LogP contribution >= 0.6 is 0 Å². The summed E-state index contributed by atoms with van der Waals surface area (Å²) in [5.74, 6) is -0.785. The van der Waals surface area contributed by atoms with Gasteiger partial charge < -0.3 is 5.32 Å². The quantitative estimate of drug-likeness (QED) is 0.840. The van der Waals surface area contributed by atoms with Crippen molar-refractivity contribution in [2.75, 3.05) is 10.6 Å². The van der Waals surface area contributed by atoms with E-state index in [1.165, 1.54) is 12.1 Å². The van der Waals surface area contributed by atoms with Gasteiger partial charge in [0.25, 0.3) is 0 Å². The predicted molar refractivity (Wildman–Crippen MR) is 101 cm³/mol. The summed E-state index contributed by atoms with van der Waals surface area (Å²) < 4.78 is 38.8. The van der Waals surface area contributed by atoms with Crippen LogP contribution in [0.4, 0.5) is 10.1 Å². The second-order valence-electron chi connectivity index (χ2n) is 6.37. The molecule has 0 aliphatic carbocycles. The molecular weight excluding hydrogens is 355 g/mol. The van der Waals surface area contributed by atoms with Crippen LogP contribution in [0.5, 0.6) is 0 Å². The molecule has 0 fully saturated rings. The van der Waals surface area contributed by atoms with Crippen LogP contribution in [0.3, 0.4) is 0 Å². The molecule has 0 spiro atoms. The zero-order chi connectivity index (χ0) is 19.5. The Morgan fingerprint density at radius 2 is 1.77 bits per heavy atom. The number of nitrogens with one attached hydrogen (secondary N) is 1. The number of nitrogens with zero attached hydrogens (tertiary/aromatic N) is 1. The summed E-state index contributed by atoms with van der Waals surface area (Å²) in [5.41, 5.74) is 2.87. The van der Waals surface area contributed by atoms with Gasteiger partial charge in [-0.2, -0.15) is 0 Å². The lowest BCUT2D eigenvalue weighted by atomic mass is 10.1. The van der Waals surface area contributed by atoms with Gasteiger partial charge in [0.1, 0.15) is 11.9 Å². The maximum absolute atomic E-state index is 12.9. The average Bonchev–Trinajstić information content (AvgIpc) is 2.56. The van der Waals surface area contributed by atoms with Crippen LogP contribution in [-0.4, -0.2) is 26.6 Å². The number of rotatable bonds is 6. The maximum Gasteiger partial charge on any atom is 0.243 e. The van der Waals surface area contributed by atoms with E-state index in [2.05, 4.69) is 5.32 Å². The highest BCUT2D eigenvalue weighted by Crippen LogP contribution is 2.26. The number of sulfonamides is 1. The first-order chi connectivity index (χ1) is 12.1. The van der Waals surface area contributed by atoms with Crippen LogP contribution < -0.4 is 9.62 Å². The van der Waals surface area contributed by atoms with Crippen LogP contribution in [0.25, 0.3) is 0 Å². The van der Waals surface area contributed by atoms with E-state index >= 15 is 0 Å². The highest BCUT2D eigenvalue weighted by atomic mass is 32.2. The first-order valence-corrected chi connectivity index (χ1v) is 10.0. The Morgan fingerprint density at radius 1 is 1.15 bits per heavy atom. The molecule has 0 aromatic heterocycles. The first-order valence-electron chi connectivity index (χ1n) is 8.18. The third-order valence-corrected chi connectivity index (χ3v) is 5.30. The van der Waals surface area contributed by atoms with Crippen LogP contribution in [0.2, 0.25) is 0 Å². The maximum atomic E-state index is 12.9. The highest BCUT2D eigenvalue weighted by molar-refractivity contribution is 7.92. The van der Waals surface area contributed by atoms with E-state index in [9.17, 15) is 17.6 Å². The van der Waals surface area contributed by atoms with E-state index in [4.69, 9.17) is 0 Å². The van der Waals surface area contributed by atoms with Crippen LogP contribution in [0.1, 0.15) is 23.6 Å². The van der Waals surface area contributed by atoms with Crippen molar-refractivity contribution >= 4 is 21.6 Å². The molecule has 140 valence electrons. The van der Waals surface area contributed by atoms with Gasteiger partial charge in [0.2, 0.25) is 15.9 Å². The standard InChI is InChI=1S/C19H23FN2O3S/c1-13-5-6-14(2)18(11-13)22(26(4,24)25)15(3)19(23)21-12-16-7-9-17(20)10-8-16/h5-11,15H,12H2,1-4H3,(H,21,23)/t15-/m0/s1. The Labute approximate surface area is 153 Å². The van der Waals surface area contributed by atoms with Gasteiger partial charge in [-0.15, -0.1) is 0 Å². The number of carbonyl (C=O) groups is 1. The summed E-state index contributed by atoms with van der Waals surface area (Å²) in [6.45, 7) is 5.40. The van der Waals surface area contributed by atoms with Gasteiger partial charge in [0.05, 0.1) is 11.9 Å². The molecule has 7 heteroatoms. The number of amides is 1. The molecule has 0 radical (unpaired) electrons. The van der Waals surface area contributed by atoms with Crippen molar-refractivity contribution in [2.24, 2.45) is 0 Å². The summed E-state index contributed by atoms with van der Waals surface area (Å²) in [6.07, 6.45) is 1.08. The topological polar surface area (TPSA) is 66.5 Å². The predicted octanol–water partition coefficient (Wildman–Crippen LogP) is 2.91. The lowest BCUT2D eigenvalue weighted by Crippen LogP contribution is -2.48. The fraction of sp³-hybridized carbons (Fsp3) is 0.316. The third kappa shape index (κ3) is 4.82. The van der Waals surface area contributed by atoms with Crippen molar-refractivity contribution in [2.45, 2.75) is 33.4 Å². The van der Waals surface area contributed by atoms with Gasteiger partial charge in [0, 0.05) is 6.54 Å². The third-order valence-electron chi connectivity index (χ3n) is 4.07. The van der Waals surface area contributed by atoms with E-state index in [0.717, 1.165) is 27.3 Å². The smallest absolute Gasteiger partial charge is 0.243 e. The Morgan fingerprint density at radius 3 is 2.35 bits per heavy atom. The van der Waals surface area contributed by atoms with Gasteiger partial charge in [-0.05, 0) is 55.7 Å². The molecule has 0 bridgehead atoms. The summed E-state index contributed by atoms with van der Waals surface area (Å²) in [6, 6.07) is 10.3. The van der Waals surface area contributed by atoms with E-state index in [0.29, 0.717) is 5.69 Å². The first kappa shape index (κ1) is 19.9. The average molecular weight is 378 g/mol. The molecule has 0 unspecified atom stereocenters. The zero-order valence-corrected chi connectivity index (χ0v) is 16.1. The minimum Gasteiger partial charge on any atom is -0.350 e. The lowest BCUT2D eigenvalue weighted by Gasteiger charge is -2.29. The lowest BCUT2D eigenvalue weighted by molar-refractivity contribution is -0.122. The fourth-order valence-corrected chi connectivity index (χ4v) is 3.90. The van der Waals surface area contributed by atoms with Gasteiger partial charge in [-0.1, -0.05) is 24.3 Å². The Hall–Kier alpha value is -2.41. The number of carbonyl (C=O) groups excluding carboxylic acids is 1. The van der Waals surface area contributed by atoms with Crippen molar-refractivity contribution in [3.05, 3.63) is 65.0 Å². The fourth-order valence-electron chi connectivity index (χ4n) is 2.68. The van der Waals surface area contributed by atoms with Crippen LogP contribution in [0.15, 0.2) is 42.5 Å². The number of aryl methyl sites for hydroxylation is 2. The molecule has 2 rings (SSSR count). The van der Waals surface area contributed by atoms with Crippen molar-refractivity contribution in [1.29, 1.82) is 0 Å². The summed E-state index contributed by atoms with van der Waals surface area (Å²) in [4.78, 5) is 12.5. The van der Waals surface area contributed by atoms with E-state index < -0.39 is 22.0 Å². The Kier molecular flexibility index (Phi) is 6.02. The molecule has 0 aliphatic rings. The van der Waals surface area contributed by atoms with Gasteiger partial charge in [0.15, 0.2) is 0 Å². The molecule has 0 heterocycles. The summed E-state index contributed by atoms with van der Waals surface area (Å²) >= 11 is 0. The molecule has 0 saturated heterocycles. The van der Waals surface area contributed by atoms with Gasteiger partial charge >= 0.3 is 0 Å². The molecule has 0 saturated carbocycles. The molecule has 1 N–H and O–H groups in total. The van der Waals surface area contributed by atoms with Gasteiger partial charge in [-0.25, -0.2) is 12.8 Å². The highest BCUT2D eigenvalue weighted by Gasteiger charge is 2.30. The van der Waals surface area contributed by atoms with E-state index in [1.807, 2.05) is 19.1 Å². The number of benzene rings is 2. The minimum atomic E-state index is -3.67. The van der Waals surface area contributed by atoms with Crippen molar-refractivity contribution in [1.82, 2.24) is 5.32 Å². The summed E-state index contributed by atoms with van der Waals surface area (Å²) in [7, 11) is -3.67. The second kappa shape index (κ2) is 7.86.